The van der Waals surface area contributed by atoms with Crippen LogP contribution in [0.15, 0.2) is 225 Å². The van der Waals surface area contributed by atoms with Crippen LogP contribution in [0.3, 0.4) is 0 Å². The molecule has 0 radical (unpaired) electrons. The lowest BCUT2D eigenvalue weighted by molar-refractivity contribution is 0.436. The van der Waals surface area contributed by atoms with Crippen LogP contribution in [-0.4, -0.2) is 15.0 Å². The maximum atomic E-state index is 12.7. The molecular weight excluding hydrogens is 1240 g/mol. The Kier molecular flexibility index (Phi) is 34.4. The van der Waals surface area contributed by atoms with Crippen molar-refractivity contribution in [3.05, 3.63) is 370 Å². The summed E-state index contributed by atoms with van der Waals surface area (Å²) in [5.41, 5.74) is 24.7. The molecule has 99 heavy (non-hydrogen) atoms. The smallest absolute Gasteiger partial charge is 0.165 e. The number of halogens is 4. The highest BCUT2D eigenvalue weighted by atomic mass is 32.1. The van der Waals surface area contributed by atoms with E-state index in [0.717, 1.165) is 25.2 Å². The van der Waals surface area contributed by atoms with Crippen LogP contribution in [0.4, 0.5) is 17.6 Å². The van der Waals surface area contributed by atoms with Gasteiger partial charge in [0.15, 0.2) is 23.3 Å². The largest absolute Gasteiger partial charge is 0.265 e. The third-order valence-corrected chi connectivity index (χ3v) is 16.9. The summed E-state index contributed by atoms with van der Waals surface area (Å²) in [7, 11) is 0. The molecule has 0 aliphatic heterocycles. The van der Waals surface area contributed by atoms with Gasteiger partial charge in [-0.2, -0.15) is 0 Å². The first-order chi connectivity index (χ1) is 46.8. The number of thiophene rings is 1. The number of pyridine rings is 3. The van der Waals surface area contributed by atoms with Crippen molar-refractivity contribution < 1.29 is 17.6 Å². The van der Waals surface area contributed by atoms with E-state index >= 15 is 0 Å². The second-order valence-electron chi connectivity index (χ2n) is 25.7. The number of benzene rings is 9. The summed E-state index contributed by atoms with van der Waals surface area (Å²) in [4.78, 5) is 15.0. The standard InChI is InChI=1S/C13H13N.2C12H12.C10H14.C8H6F4.2C8H10.2C7H9N.C6H8S/c1-10-7-11(2)9-13(8-10)12-3-5-14-6-4-12;1-9-3-5-12-8-10(2)4-6-11(12)7-9;1-9-7-8-10(2)12-6-4-3-5-11(9)12;1-7-5-9(3)10(4)6-8(7)2;1-3-5(9)7(11)4(2)8(12)6(3)10;1-7-3-5-8(2)6-4-7;1-7-4-3-5-8(2)6-7;2*1-6-3-4-7(2)8-5-6;1-5-3-4-6(2)7-5/h3-9H,1-2H3;2*3-8H,1-2H3;5-6H,1-4H3;1-2H3;2*3-6H,1-2H3;2*3-5H,1-2H3;3-4H,1-2H3. The molecule has 0 aliphatic carbocycles. The van der Waals surface area contributed by atoms with Gasteiger partial charge < -0.3 is 0 Å². The van der Waals surface area contributed by atoms with Crippen LogP contribution in [0.5, 0.6) is 0 Å². The van der Waals surface area contributed by atoms with E-state index < -0.39 is 34.4 Å². The molecule has 0 amide bonds. The van der Waals surface area contributed by atoms with E-state index in [2.05, 4.69) is 302 Å². The average molecular weight is 1350 g/mol. The van der Waals surface area contributed by atoms with Crippen LogP contribution in [-0.2, 0) is 0 Å². The molecule has 4 aromatic heterocycles. The summed E-state index contributed by atoms with van der Waals surface area (Å²) in [6, 6.07) is 70.5. The molecule has 0 atom stereocenters. The van der Waals surface area contributed by atoms with Crippen LogP contribution in [0, 0.1) is 176 Å². The van der Waals surface area contributed by atoms with E-state index in [-0.39, 0.29) is 0 Å². The second kappa shape index (κ2) is 41.6. The van der Waals surface area contributed by atoms with Crippen molar-refractivity contribution in [3.63, 3.8) is 0 Å². The fourth-order valence-electron chi connectivity index (χ4n) is 9.81. The molecule has 0 unspecified atom stereocenters. The van der Waals surface area contributed by atoms with Crippen LogP contribution in [0.1, 0.15) is 121 Å². The summed E-state index contributed by atoms with van der Waals surface area (Å²) < 4.78 is 50.6. The molecule has 0 saturated heterocycles. The number of aromatic nitrogens is 3. The van der Waals surface area contributed by atoms with Crippen molar-refractivity contribution in [1.82, 2.24) is 15.0 Å². The first-order valence-corrected chi connectivity index (χ1v) is 34.3. The Morgan fingerprint density at radius 1 is 0.253 bits per heavy atom. The zero-order chi connectivity index (χ0) is 73.5. The predicted molar refractivity (Wildman–Crippen MR) is 420 cm³/mol. The summed E-state index contributed by atoms with van der Waals surface area (Å²) in [6.45, 7) is 44.1. The molecule has 0 fully saturated rings. The maximum absolute atomic E-state index is 12.7. The second-order valence-corrected chi connectivity index (χ2v) is 27.2. The maximum Gasteiger partial charge on any atom is 0.165 e. The van der Waals surface area contributed by atoms with Gasteiger partial charge in [0, 0.05) is 57.1 Å². The van der Waals surface area contributed by atoms with E-state index in [1.54, 1.807) is 0 Å². The highest BCUT2D eigenvalue weighted by Gasteiger charge is 2.19. The number of rotatable bonds is 1. The molecule has 0 N–H and O–H groups in total. The van der Waals surface area contributed by atoms with Gasteiger partial charge in [0.1, 0.15) is 0 Å². The van der Waals surface area contributed by atoms with Crippen molar-refractivity contribution in [2.45, 2.75) is 152 Å². The van der Waals surface area contributed by atoms with Crippen molar-refractivity contribution >= 4 is 32.9 Å². The Hall–Kier alpha value is -9.63. The fourth-order valence-corrected chi connectivity index (χ4v) is 10.6. The number of aryl methyl sites for hydroxylation is 20. The van der Waals surface area contributed by atoms with Gasteiger partial charge in [-0.15, -0.1) is 11.3 Å². The molecule has 0 saturated carbocycles. The summed E-state index contributed by atoms with van der Waals surface area (Å²) in [5.74, 6) is -5.31. The lowest BCUT2D eigenvalue weighted by atomic mass is 10.0. The van der Waals surface area contributed by atoms with Crippen LogP contribution >= 0.6 is 11.3 Å². The van der Waals surface area contributed by atoms with E-state index in [1.165, 1.54) is 131 Å². The Bertz CT molecular complexity index is 4130. The fraction of sp³-hybridized carbons (Fsp3) is 0.242. The molecule has 8 heteroatoms. The highest BCUT2D eigenvalue weighted by Crippen LogP contribution is 2.25. The zero-order valence-corrected chi connectivity index (χ0v) is 63.4. The Morgan fingerprint density at radius 2 is 0.586 bits per heavy atom. The summed E-state index contributed by atoms with van der Waals surface area (Å²) >= 11 is 1.84. The molecule has 0 spiro atoms. The normalized spacial score (nSPS) is 9.92. The van der Waals surface area contributed by atoms with Gasteiger partial charge >= 0.3 is 0 Å². The number of hydrogen-bond donors (Lipinski definition) is 0. The Labute approximate surface area is 594 Å². The van der Waals surface area contributed by atoms with Gasteiger partial charge in [-0.3, -0.25) is 15.0 Å². The van der Waals surface area contributed by atoms with Gasteiger partial charge in [0.05, 0.1) is 0 Å². The third-order valence-electron chi connectivity index (χ3n) is 15.9. The van der Waals surface area contributed by atoms with Crippen molar-refractivity contribution in [2.24, 2.45) is 0 Å². The van der Waals surface area contributed by atoms with E-state index in [9.17, 15) is 17.6 Å². The van der Waals surface area contributed by atoms with Crippen LogP contribution in [0.25, 0.3) is 32.7 Å². The van der Waals surface area contributed by atoms with Crippen molar-refractivity contribution in [1.29, 1.82) is 0 Å². The third kappa shape index (κ3) is 29.5. The Balaban J connectivity index is 0.000000235. The van der Waals surface area contributed by atoms with Crippen LogP contribution in [0.2, 0.25) is 0 Å². The minimum absolute atomic E-state index is 0.629. The molecular formula is C91H103F4N3S. The van der Waals surface area contributed by atoms with Gasteiger partial charge in [0.2, 0.25) is 0 Å². The van der Waals surface area contributed by atoms with Gasteiger partial charge in [-0.1, -0.05) is 208 Å². The zero-order valence-electron chi connectivity index (χ0n) is 62.6. The van der Waals surface area contributed by atoms with E-state index in [0.29, 0.717) is 0 Å². The quantitative estimate of drug-likeness (QED) is 0.121. The molecule has 9 aromatic carbocycles. The van der Waals surface area contributed by atoms with Crippen molar-refractivity contribution in [3.8, 4) is 11.1 Å². The minimum atomic E-state index is -1.33. The average Bonchev–Trinajstić information content (AvgIpc) is 1.43. The molecule has 13 rings (SSSR count). The monoisotopic (exact) mass is 1350 g/mol. The number of nitrogens with zero attached hydrogens (tertiary/aromatic N) is 3. The minimum Gasteiger partial charge on any atom is -0.265 e. The van der Waals surface area contributed by atoms with Gasteiger partial charge in [0.25, 0.3) is 0 Å². The number of fused-ring (bicyclic) bond motifs is 2. The lowest BCUT2D eigenvalue weighted by Crippen LogP contribution is -2.02. The van der Waals surface area contributed by atoms with E-state index in [4.69, 9.17) is 0 Å². The summed E-state index contributed by atoms with van der Waals surface area (Å²) in [6.07, 6.45) is 7.39. The molecule has 3 nitrogen and oxygen atoms in total. The predicted octanol–water partition coefficient (Wildman–Crippen LogP) is 26.4. The first kappa shape index (κ1) is 81.8. The molecule has 4 heterocycles. The topological polar surface area (TPSA) is 38.7 Å². The number of hydrogen-bond acceptors (Lipinski definition) is 4. The van der Waals surface area contributed by atoms with Gasteiger partial charge in [-0.25, -0.2) is 17.6 Å². The molecule has 13 aromatic rings. The van der Waals surface area contributed by atoms with Crippen LogP contribution < -0.4 is 0 Å². The SMILES string of the molecule is Cc1c(F)c(F)c(C)c(F)c1F.Cc1cc(C)c(C)cc1C.Cc1cc(C)cc(-c2ccncc2)c1.Cc1ccc(C)c2ccccc12.Cc1ccc(C)cc1.Cc1ccc(C)nc1.Cc1ccc(C)nc1.Cc1ccc(C)s1.Cc1ccc2cc(C)ccc2c1.Cc1cccc(C)c1. The molecule has 0 aliphatic rings. The molecule has 516 valence electrons. The first-order valence-electron chi connectivity index (χ1n) is 33.4. The molecule has 0 bridgehead atoms. The van der Waals surface area contributed by atoms with Gasteiger partial charge in [-0.05, 0) is 266 Å². The summed E-state index contributed by atoms with van der Waals surface area (Å²) in [5, 5.41) is 5.41. The lowest BCUT2D eigenvalue weighted by Gasteiger charge is -2.04. The van der Waals surface area contributed by atoms with Crippen molar-refractivity contribution in [2.75, 3.05) is 0 Å². The highest BCUT2D eigenvalue weighted by molar-refractivity contribution is 7.11. The Morgan fingerprint density at radius 3 is 0.889 bits per heavy atom. The van der Waals surface area contributed by atoms with E-state index in [1.807, 2.05) is 88.1 Å².